The van der Waals surface area contributed by atoms with E-state index < -0.39 is 5.54 Å². The maximum Gasteiger partial charge on any atom is 0.249 e. The van der Waals surface area contributed by atoms with E-state index in [-0.39, 0.29) is 5.91 Å². The fourth-order valence-electron chi connectivity index (χ4n) is 6.39. The van der Waals surface area contributed by atoms with E-state index in [4.69, 9.17) is 14.5 Å². The Kier molecular flexibility index (Phi) is 7.66. The number of likely N-dealkylation sites (N-methyl/N-ethyl adjacent to an activating group) is 1. The van der Waals surface area contributed by atoms with Gasteiger partial charge in [-0.05, 0) is 63.2 Å². The van der Waals surface area contributed by atoms with Crippen LogP contribution >= 0.6 is 0 Å². The largest absolute Gasteiger partial charge is 0.497 e. The molecule has 1 saturated heterocycles. The van der Waals surface area contributed by atoms with Gasteiger partial charge in [-0.1, -0.05) is 25.0 Å². The predicted molar refractivity (Wildman–Crippen MR) is 158 cm³/mol. The van der Waals surface area contributed by atoms with Gasteiger partial charge in [0.2, 0.25) is 11.9 Å². The van der Waals surface area contributed by atoms with Gasteiger partial charge >= 0.3 is 0 Å². The summed E-state index contributed by atoms with van der Waals surface area (Å²) >= 11 is 0. The molecule has 1 aromatic carbocycles. The number of pyridine rings is 1. The molecule has 4 heterocycles. The summed E-state index contributed by atoms with van der Waals surface area (Å²) in [4.78, 5) is 34.7. The number of nitrogens with zero attached hydrogens (tertiary/aromatic N) is 6. The maximum absolute atomic E-state index is 14.2. The van der Waals surface area contributed by atoms with Crippen LogP contribution in [0.4, 0.5) is 17.6 Å². The van der Waals surface area contributed by atoms with Crippen LogP contribution in [0, 0.1) is 0 Å². The van der Waals surface area contributed by atoms with Crippen molar-refractivity contribution in [2.75, 3.05) is 51.1 Å². The van der Waals surface area contributed by atoms with Crippen molar-refractivity contribution in [3.05, 3.63) is 59.9 Å². The molecule has 1 N–H and O–H groups in total. The SMILES string of the molecule is COc1ccc(CN2CCC3(Cc4cnc(Nc5ccc(OCCN(C)C)cn5)nc4N3C3CCCC3)C2=O)cc1. The number of anilines is 3. The van der Waals surface area contributed by atoms with Gasteiger partial charge in [0.05, 0.1) is 13.3 Å². The molecule has 0 bridgehead atoms. The molecule has 1 spiro atoms. The van der Waals surface area contributed by atoms with Gasteiger partial charge in [-0.3, -0.25) is 4.79 Å². The topological polar surface area (TPSA) is 96.0 Å². The Morgan fingerprint density at radius 1 is 1.05 bits per heavy atom. The number of rotatable bonds is 10. The highest BCUT2D eigenvalue weighted by Crippen LogP contribution is 2.48. The van der Waals surface area contributed by atoms with Crippen molar-refractivity contribution in [3.8, 4) is 11.5 Å². The molecule has 10 heteroatoms. The Morgan fingerprint density at radius 3 is 2.54 bits per heavy atom. The van der Waals surface area contributed by atoms with E-state index in [1.807, 2.05) is 61.6 Å². The molecule has 6 rings (SSSR count). The van der Waals surface area contributed by atoms with Gasteiger partial charge in [0.15, 0.2) is 0 Å². The van der Waals surface area contributed by atoms with E-state index in [0.717, 1.165) is 60.8 Å². The van der Waals surface area contributed by atoms with E-state index in [9.17, 15) is 4.79 Å². The van der Waals surface area contributed by atoms with Crippen molar-refractivity contribution in [1.82, 2.24) is 24.8 Å². The quantitative estimate of drug-likeness (QED) is 0.396. The molecule has 1 saturated carbocycles. The van der Waals surface area contributed by atoms with Crippen LogP contribution in [-0.4, -0.2) is 83.1 Å². The monoisotopic (exact) mass is 557 g/mol. The molecular formula is C31H39N7O3. The highest BCUT2D eigenvalue weighted by Gasteiger charge is 2.57. The summed E-state index contributed by atoms with van der Waals surface area (Å²) < 4.78 is 11.1. The summed E-state index contributed by atoms with van der Waals surface area (Å²) in [6.45, 7) is 2.76. The number of likely N-dealkylation sites (tertiary alicyclic amines) is 1. The summed E-state index contributed by atoms with van der Waals surface area (Å²) in [6.07, 6.45) is 9.55. The molecule has 1 unspecified atom stereocenters. The Morgan fingerprint density at radius 2 is 1.83 bits per heavy atom. The number of aromatic nitrogens is 3. The number of benzene rings is 1. The molecule has 3 aliphatic rings. The first-order chi connectivity index (χ1) is 19.9. The van der Waals surface area contributed by atoms with Gasteiger partial charge < -0.3 is 29.5 Å². The minimum Gasteiger partial charge on any atom is -0.497 e. The standard InChI is InChI=1S/C31H39N7O3/c1-36(2)16-17-41-26-12-13-27(32-20-26)34-30-33-19-23-18-31(38(28(23)35-30)24-6-4-5-7-24)14-15-37(29(31)39)21-22-8-10-25(40-3)11-9-22/h8-13,19-20,24H,4-7,14-18,21H2,1-3H3,(H,32,33,34,35). The van der Waals surface area contributed by atoms with Crippen LogP contribution in [0.5, 0.6) is 11.5 Å². The summed E-state index contributed by atoms with van der Waals surface area (Å²) in [5.74, 6) is 3.75. The number of amides is 1. The lowest BCUT2D eigenvalue weighted by molar-refractivity contribution is -0.132. The van der Waals surface area contributed by atoms with Gasteiger partial charge in [0, 0.05) is 43.9 Å². The second-order valence-electron chi connectivity index (χ2n) is 11.5. The van der Waals surface area contributed by atoms with Crippen LogP contribution in [0.2, 0.25) is 0 Å². The zero-order valence-electron chi connectivity index (χ0n) is 24.2. The second-order valence-corrected chi connectivity index (χ2v) is 11.5. The van der Waals surface area contributed by atoms with Gasteiger partial charge in [-0.25, -0.2) is 9.97 Å². The van der Waals surface area contributed by atoms with Gasteiger partial charge in [0.25, 0.3) is 0 Å². The minimum atomic E-state index is -0.596. The van der Waals surface area contributed by atoms with Crippen molar-refractivity contribution in [2.24, 2.45) is 0 Å². The third-order valence-corrected chi connectivity index (χ3v) is 8.50. The van der Waals surface area contributed by atoms with E-state index in [2.05, 4.69) is 25.1 Å². The van der Waals surface area contributed by atoms with Crippen molar-refractivity contribution in [2.45, 2.75) is 56.7 Å². The van der Waals surface area contributed by atoms with Crippen molar-refractivity contribution in [1.29, 1.82) is 0 Å². The van der Waals surface area contributed by atoms with Gasteiger partial charge in [0.1, 0.15) is 35.3 Å². The second kappa shape index (κ2) is 11.5. The molecular weight excluding hydrogens is 518 g/mol. The number of carbonyl (C=O) groups excluding carboxylic acids is 1. The number of ether oxygens (including phenoxy) is 2. The van der Waals surface area contributed by atoms with Crippen LogP contribution in [0.15, 0.2) is 48.8 Å². The van der Waals surface area contributed by atoms with Crippen molar-refractivity contribution >= 4 is 23.5 Å². The van der Waals surface area contributed by atoms with Crippen LogP contribution < -0.4 is 19.7 Å². The van der Waals surface area contributed by atoms with Crippen LogP contribution in [0.3, 0.4) is 0 Å². The highest BCUT2D eigenvalue weighted by atomic mass is 16.5. The molecule has 2 fully saturated rings. The smallest absolute Gasteiger partial charge is 0.249 e. The third kappa shape index (κ3) is 5.53. The lowest BCUT2D eigenvalue weighted by atomic mass is 9.91. The zero-order valence-corrected chi connectivity index (χ0v) is 24.2. The molecule has 1 atom stereocenters. The molecule has 3 aromatic rings. The molecule has 41 heavy (non-hydrogen) atoms. The number of hydrogen-bond acceptors (Lipinski definition) is 9. The number of nitrogens with one attached hydrogen (secondary N) is 1. The van der Waals surface area contributed by atoms with Gasteiger partial charge in [-0.15, -0.1) is 0 Å². The lowest BCUT2D eigenvalue weighted by Gasteiger charge is -2.39. The molecule has 1 amide bonds. The zero-order chi connectivity index (χ0) is 28.4. The number of fused-ring (bicyclic) bond motifs is 1. The van der Waals surface area contributed by atoms with E-state index in [1.165, 1.54) is 12.8 Å². The molecule has 2 aliphatic heterocycles. The predicted octanol–water partition coefficient (Wildman–Crippen LogP) is 4.04. The lowest BCUT2D eigenvalue weighted by Crippen LogP contribution is -2.56. The molecule has 0 radical (unpaired) electrons. The highest BCUT2D eigenvalue weighted by molar-refractivity contribution is 5.94. The third-order valence-electron chi connectivity index (χ3n) is 8.50. The summed E-state index contributed by atoms with van der Waals surface area (Å²) in [5, 5.41) is 3.26. The van der Waals surface area contributed by atoms with Crippen molar-refractivity contribution < 1.29 is 14.3 Å². The number of hydrogen-bond donors (Lipinski definition) is 1. The minimum absolute atomic E-state index is 0.194. The molecule has 10 nitrogen and oxygen atoms in total. The first-order valence-corrected chi connectivity index (χ1v) is 14.5. The summed E-state index contributed by atoms with van der Waals surface area (Å²) in [5.41, 5.74) is 1.55. The Hall–Kier alpha value is -3.92. The Bertz CT molecular complexity index is 1360. The molecule has 1 aliphatic carbocycles. The first kappa shape index (κ1) is 27.3. The van der Waals surface area contributed by atoms with Crippen LogP contribution in [0.1, 0.15) is 43.2 Å². The molecule has 2 aromatic heterocycles. The summed E-state index contributed by atoms with van der Waals surface area (Å²) in [7, 11) is 5.70. The van der Waals surface area contributed by atoms with E-state index in [0.29, 0.717) is 37.4 Å². The van der Waals surface area contributed by atoms with E-state index in [1.54, 1.807) is 13.3 Å². The fourth-order valence-corrected chi connectivity index (χ4v) is 6.39. The number of carbonyl (C=O) groups is 1. The average Bonchev–Trinajstić information content (AvgIpc) is 3.69. The average molecular weight is 558 g/mol. The van der Waals surface area contributed by atoms with Crippen molar-refractivity contribution in [3.63, 3.8) is 0 Å². The van der Waals surface area contributed by atoms with E-state index >= 15 is 0 Å². The fraction of sp³-hybridized carbons (Fsp3) is 0.484. The normalized spacial score (nSPS) is 20.3. The van der Waals surface area contributed by atoms with Crippen LogP contribution in [-0.2, 0) is 17.8 Å². The first-order valence-electron chi connectivity index (χ1n) is 14.5. The van der Waals surface area contributed by atoms with Gasteiger partial charge in [-0.2, -0.15) is 4.98 Å². The maximum atomic E-state index is 14.2. The Labute approximate surface area is 241 Å². The Balaban J connectivity index is 1.20. The number of methoxy groups -OCH3 is 1. The molecule has 216 valence electrons. The van der Waals surface area contributed by atoms with Crippen LogP contribution in [0.25, 0.3) is 0 Å². The summed E-state index contributed by atoms with van der Waals surface area (Å²) in [6, 6.07) is 12.0.